The van der Waals surface area contributed by atoms with E-state index in [0.717, 1.165) is 16.6 Å². The van der Waals surface area contributed by atoms with Gasteiger partial charge in [-0.15, -0.1) is 0 Å². The maximum absolute atomic E-state index is 12.4. The van der Waals surface area contributed by atoms with E-state index in [9.17, 15) is 10.1 Å². The first-order valence-corrected chi connectivity index (χ1v) is 9.57. The summed E-state index contributed by atoms with van der Waals surface area (Å²) in [5.41, 5.74) is 2.64. The van der Waals surface area contributed by atoms with Gasteiger partial charge in [-0.25, -0.2) is 0 Å². The first kappa shape index (κ1) is 19.6. The number of para-hydroxylation sites is 1. The number of aromatic nitrogens is 1. The molecule has 0 unspecified atom stereocenters. The fraction of sp³-hybridized carbons (Fsp3) is 0.190. The van der Waals surface area contributed by atoms with E-state index in [2.05, 4.69) is 37.6 Å². The van der Waals surface area contributed by atoms with Gasteiger partial charge in [0.15, 0.2) is 0 Å². The van der Waals surface area contributed by atoms with Gasteiger partial charge < -0.3 is 15.4 Å². The molecule has 0 radical (unpaired) electrons. The van der Waals surface area contributed by atoms with Crippen molar-refractivity contribution in [1.82, 2.24) is 10.3 Å². The number of amides is 1. The Hall–Kier alpha value is -3.11. The van der Waals surface area contributed by atoms with E-state index in [4.69, 9.17) is 4.74 Å². The Kier molecular flexibility index (Phi) is 6.45. The molecule has 1 aromatic heterocycles. The van der Waals surface area contributed by atoms with Gasteiger partial charge in [0.1, 0.15) is 11.8 Å². The minimum Gasteiger partial charge on any atom is -0.497 e. The second kappa shape index (κ2) is 9.20. The minimum atomic E-state index is -0.169. The molecule has 6 nitrogen and oxygen atoms in total. The average Bonchev–Trinajstić information content (AvgIpc) is 2.73. The van der Waals surface area contributed by atoms with E-state index in [-0.39, 0.29) is 5.91 Å². The van der Waals surface area contributed by atoms with Crippen LogP contribution in [0, 0.1) is 11.3 Å². The highest BCUT2D eigenvalue weighted by atomic mass is 79.9. The standard InChI is InChI=1S/C21H19BrN4O2/c1-28-15-7-8-18(22)17(11-15)21(27)25-10-4-9-24-20-14(12-23)13-26-19-6-3-2-5-16(19)20/h2-3,5-8,11,13H,4,9-10H2,1H3,(H,24,26)(H,25,27). The number of carbonyl (C=O) groups excluding carboxylic acids is 1. The Morgan fingerprint density at radius 2 is 2.07 bits per heavy atom. The molecule has 7 heteroatoms. The summed E-state index contributed by atoms with van der Waals surface area (Å²) in [6.45, 7) is 1.11. The number of nitrogens with one attached hydrogen (secondary N) is 2. The number of fused-ring (bicyclic) bond motifs is 1. The van der Waals surface area contributed by atoms with Gasteiger partial charge in [-0.05, 0) is 46.6 Å². The third-order valence-corrected chi connectivity index (χ3v) is 4.95. The number of halogens is 1. The largest absolute Gasteiger partial charge is 0.497 e. The third kappa shape index (κ3) is 4.41. The quantitative estimate of drug-likeness (QED) is 0.541. The molecule has 0 spiro atoms. The number of benzene rings is 2. The lowest BCUT2D eigenvalue weighted by molar-refractivity contribution is 0.0952. The molecule has 0 aliphatic carbocycles. The van der Waals surface area contributed by atoms with E-state index >= 15 is 0 Å². The van der Waals surface area contributed by atoms with E-state index < -0.39 is 0 Å². The fourth-order valence-corrected chi connectivity index (χ4v) is 3.25. The summed E-state index contributed by atoms with van der Waals surface area (Å²) in [6, 6.07) is 15.1. The summed E-state index contributed by atoms with van der Waals surface area (Å²) < 4.78 is 5.88. The highest BCUT2D eigenvalue weighted by Gasteiger charge is 2.11. The summed E-state index contributed by atoms with van der Waals surface area (Å²) in [5.74, 6) is 0.460. The Morgan fingerprint density at radius 1 is 1.25 bits per heavy atom. The van der Waals surface area contributed by atoms with Crippen LogP contribution in [0.5, 0.6) is 5.75 Å². The molecule has 1 heterocycles. The first-order chi connectivity index (χ1) is 13.6. The van der Waals surface area contributed by atoms with Gasteiger partial charge in [-0.3, -0.25) is 9.78 Å². The van der Waals surface area contributed by atoms with Gasteiger partial charge in [0, 0.05) is 29.1 Å². The molecule has 1 amide bonds. The smallest absolute Gasteiger partial charge is 0.252 e. The second-order valence-corrected chi connectivity index (χ2v) is 6.91. The molecule has 3 rings (SSSR count). The van der Waals surface area contributed by atoms with Crippen molar-refractivity contribution >= 4 is 38.4 Å². The van der Waals surface area contributed by atoms with Crippen molar-refractivity contribution in [1.29, 1.82) is 5.26 Å². The van der Waals surface area contributed by atoms with Crippen molar-refractivity contribution in [2.45, 2.75) is 6.42 Å². The number of nitriles is 1. The number of hydrogen-bond acceptors (Lipinski definition) is 5. The molecule has 28 heavy (non-hydrogen) atoms. The predicted octanol–water partition coefficient (Wildman–Crippen LogP) is 4.11. The number of anilines is 1. The molecular formula is C21H19BrN4O2. The molecule has 2 aromatic carbocycles. The Labute approximate surface area is 171 Å². The zero-order chi connectivity index (χ0) is 19.9. The van der Waals surface area contributed by atoms with Crippen molar-refractivity contribution < 1.29 is 9.53 Å². The van der Waals surface area contributed by atoms with Crippen LogP contribution in [0.3, 0.4) is 0 Å². The molecule has 0 saturated carbocycles. The van der Waals surface area contributed by atoms with Crippen LogP contribution in [-0.4, -0.2) is 31.1 Å². The van der Waals surface area contributed by atoms with Crippen molar-refractivity contribution in [2.24, 2.45) is 0 Å². The lowest BCUT2D eigenvalue weighted by Gasteiger charge is -2.12. The van der Waals surface area contributed by atoms with Gasteiger partial charge in [0.25, 0.3) is 5.91 Å². The number of rotatable bonds is 7. The fourth-order valence-electron chi connectivity index (χ4n) is 2.82. The molecule has 0 atom stereocenters. The molecule has 0 aliphatic heterocycles. The number of pyridine rings is 1. The molecule has 0 aliphatic rings. The van der Waals surface area contributed by atoms with Crippen LogP contribution in [0.1, 0.15) is 22.3 Å². The summed E-state index contributed by atoms with van der Waals surface area (Å²) in [5, 5.41) is 16.5. The van der Waals surface area contributed by atoms with Crippen LogP contribution in [0.15, 0.2) is 53.1 Å². The number of methoxy groups -OCH3 is 1. The van der Waals surface area contributed by atoms with Gasteiger partial charge >= 0.3 is 0 Å². The highest BCUT2D eigenvalue weighted by molar-refractivity contribution is 9.10. The minimum absolute atomic E-state index is 0.169. The van der Waals surface area contributed by atoms with Crippen LogP contribution in [0.4, 0.5) is 5.69 Å². The van der Waals surface area contributed by atoms with Crippen molar-refractivity contribution in [3.63, 3.8) is 0 Å². The lowest BCUT2D eigenvalue weighted by atomic mass is 10.1. The van der Waals surface area contributed by atoms with Crippen LogP contribution in [0.2, 0.25) is 0 Å². The number of carbonyl (C=O) groups is 1. The number of nitrogens with zero attached hydrogens (tertiary/aromatic N) is 2. The van der Waals surface area contributed by atoms with E-state index in [1.54, 1.807) is 31.5 Å². The lowest BCUT2D eigenvalue weighted by Crippen LogP contribution is -2.26. The zero-order valence-corrected chi connectivity index (χ0v) is 16.9. The monoisotopic (exact) mass is 438 g/mol. The molecular weight excluding hydrogens is 420 g/mol. The molecule has 0 saturated heterocycles. The van der Waals surface area contributed by atoms with Crippen LogP contribution >= 0.6 is 15.9 Å². The van der Waals surface area contributed by atoms with Gasteiger partial charge in [0.05, 0.1) is 29.4 Å². The number of hydrogen-bond donors (Lipinski definition) is 2. The summed E-state index contributed by atoms with van der Waals surface area (Å²) in [4.78, 5) is 16.7. The van der Waals surface area contributed by atoms with E-state index in [1.165, 1.54) is 0 Å². The maximum atomic E-state index is 12.4. The molecule has 0 fully saturated rings. The second-order valence-electron chi connectivity index (χ2n) is 6.06. The maximum Gasteiger partial charge on any atom is 0.252 e. The average molecular weight is 439 g/mol. The van der Waals surface area contributed by atoms with E-state index in [0.29, 0.717) is 40.9 Å². The van der Waals surface area contributed by atoms with Gasteiger partial charge in [0.2, 0.25) is 0 Å². The van der Waals surface area contributed by atoms with E-state index in [1.807, 2.05) is 24.3 Å². The Balaban J connectivity index is 1.58. The van der Waals surface area contributed by atoms with Crippen LogP contribution in [-0.2, 0) is 0 Å². The van der Waals surface area contributed by atoms with Crippen molar-refractivity contribution in [3.05, 3.63) is 64.3 Å². The molecule has 2 N–H and O–H groups in total. The highest BCUT2D eigenvalue weighted by Crippen LogP contribution is 2.25. The molecule has 3 aromatic rings. The normalized spacial score (nSPS) is 10.3. The van der Waals surface area contributed by atoms with Gasteiger partial charge in [-0.1, -0.05) is 18.2 Å². The Bertz CT molecular complexity index is 1050. The summed E-state index contributed by atoms with van der Waals surface area (Å²) >= 11 is 3.39. The zero-order valence-electron chi connectivity index (χ0n) is 15.3. The SMILES string of the molecule is COc1ccc(Br)c(C(=O)NCCCNc2c(C#N)cnc3ccccc23)c1. The van der Waals surface area contributed by atoms with Crippen LogP contribution in [0.25, 0.3) is 10.9 Å². The van der Waals surface area contributed by atoms with Crippen molar-refractivity contribution in [3.8, 4) is 11.8 Å². The molecule has 0 bridgehead atoms. The molecule has 142 valence electrons. The number of ether oxygens (including phenoxy) is 1. The topological polar surface area (TPSA) is 87.0 Å². The Morgan fingerprint density at radius 3 is 2.86 bits per heavy atom. The first-order valence-electron chi connectivity index (χ1n) is 8.77. The summed E-state index contributed by atoms with van der Waals surface area (Å²) in [7, 11) is 1.56. The predicted molar refractivity (Wildman–Crippen MR) is 113 cm³/mol. The summed E-state index contributed by atoms with van der Waals surface area (Å²) in [6.07, 6.45) is 2.28. The van der Waals surface area contributed by atoms with Gasteiger partial charge in [-0.2, -0.15) is 5.26 Å². The third-order valence-electron chi connectivity index (χ3n) is 4.25. The van der Waals surface area contributed by atoms with Crippen LogP contribution < -0.4 is 15.4 Å². The van der Waals surface area contributed by atoms with Crippen molar-refractivity contribution in [2.75, 3.05) is 25.5 Å².